The largest absolute Gasteiger partial charge is 0.482 e. The molecule has 1 aromatic rings. The van der Waals surface area contributed by atoms with Crippen LogP contribution >= 0.6 is 0 Å². The Morgan fingerprint density at radius 3 is 2.72 bits per heavy atom. The molecule has 0 amide bonds. The van der Waals surface area contributed by atoms with Crippen molar-refractivity contribution in [2.24, 2.45) is 0 Å². The molecule has 0 aromatic carbocycles. The number of rotatable bonds is 4. The van der Waals surface area contributed by atoms with Crippen LogP contribution in [0.4, 0.5) is 13.2 Å². The molecule has 1 N–H and O–H groups in total. The molecule has 0 aliphatic rings. The number of halogens is 3. The smallest absolute Gasteiger partial charge is 0.422 e. The summed E-state index contributed by atoms with van der Waals surface area (Å²) in [5.74, 6) is -1.34. The number of aryl methyl sites for hydroxylation is 1. The van der Waals surface area contributed by atoms with Gasteiger partial charge in [-0.05, 0) is 25.1 Å². The summed E-state index contributed by atoms with van der Waals surface area (Å²) in [5.41, 5.74) is 0.584. The molecule has 0 unspecified atom stereocenters. The minimum absolute atomic E-state index is 0.0432. The molecule has 0 aliphatic heterocycles. The van der Waals surface area contributed by atoms with Crippen LogP contribution in [0.15, 0.2) is 18.2 Å². The zero-order chi connectivity index (χ0) is 13.8. The van der Waals surface area contributed by atoms with Crippen molar-refractivity contribution in [3.63, 3.8) is 0 Å². The van der Waals surface area contributed by atoms with E-state index in [1.807, 2.05) is 0 Å². The Morgan fingerprint density at radius 2 is 2.17 bits per heavy atom. The number of aromatic nitrogens is 1. The summed E-state index contributed by atoms with van der Waals surface area (Å²) in [6, 6.07) is 2.79. The second kappa shape index (κ2) is 5.52. The van der Waals surface area contributed by atoms with Crippen LogP contribution in [0, 0.1) is 6.92 Å². The third kappa shape index (κ3) is 4.86. The van der Waals surface area contributed by atoms with Gasteiger partial charge in [0.2, 0.25) is 0 Å². The number of hydrogen-bond donors (Lipinski definition) is 1. The van der Waals surface area contributed by atoms with Crippen LogP contribution in [-0.2, 0) is 4.79 Å². The molecule has 7 heteroatoms. The summed E-state index contributed by atoms with van der Waals surface area (Å²) in [4.78, 5) is 14.3. The van der Waals surface area contributed by atoms with Gasteiger partial charge in [0.15, 0.2) is 6.61 Å². The summed E-state index contributed by atoms with van der Waals surface area (Å²) in [6.07, 6.45) is -2.60. The highest BCUT2D eigenvalue weighted by atomic mass is 19.4. The minimum Gasteiger partial charge on any atom is -0.482 e. The normalized spacial score (nSPS) is 11.8. The van der Waals surface area contributed by atoms with E-state index in [0.717, 1.165) is 12.2 Å². The average Bonchev–Trinajstić information content (AvgIpc) is 2.23. The van der Waals surface area contributed by atoms with E-state index in [1.54, 1.807) is 6.92 Å². The Kier molecular flexibility index (Phi) is 4.30. The second-order valence-corrected chi connectivity index (χ2v) is 3.41. The fraction of sp³-hybridized carbons (Fsp3) is 0.273. The highest BCUT2D eigenvalue weighted by molar-refractivity contribution is 5.85. The monoisotopic (exact) mass is 261 g/mol. The number of alkyl halides is 3. The Bertz CT molecular complexity index is 469. The van der Waals surface area contributed by atoms with Gasteiger partial charge in [0.1, 0.15) is 11.4 Å². The maximum absolute atomic E-state index is 12.0. The van der Waals surface area contributed by atoms with Crippen molar-refractivity contribution in [2.45, 2.75) is 13.1 Å². The Hall–Kier alpha value is -2.05. The fourth-order valence-corrected chi connectivity index (χ4v) is 1.12. The van der Waals surface area contributed by atoms with E-state index in [9.17, 15) is 18.0 Å². The standard InChI is InChI=1S/C11H10F3NO3/c1-7-2-4-9(18-6-11(12,13)14)8(15-7)3-5-10(16)17/h2-5H,6H2,1H3,(H,16,17). The van der Waals surface area contributed by atoms with Gasteiger partial charge in [-0.25, -0.2) is 9.78 Å². The number of aliphatic carboxylic acids is 1. The highest BCUT2D eigenvalue weighted by Gasteiger charge is 2.28. The summed E-state index contributed by atoms with van der Waals surface area (Å²) < 4.78 is 40.6. The van der Waals surface area contributed by atoms with Crippen LogP contribution in [0.5, 0.6) is 5.75 Å². The van der Waals surface area contributed by atoms with Gasteiger partial charge in [-0.3, -0.25) is 0 Å². The lowest BCUT2D eigenvalue weighted by Gasteiger charge is -2.11. The van der Waals surface area contributed by atoms with Crippen LogP contribution in [-0.4, -0.2) is 28.8 Å². The Balaban J connectivity index is 2.93. The predicted octanol–water partition coefficient (Wildman–Crippen LogP) is 2.43. The molecule has 0 saturated heterocycles. The van der Waals surface area contributed by atoms with E-state index in [4.69, 9.17) is 5.11 Å². The van der Waals surface area contributed by atoms with Gasteiger partial charge in [0.05, 0.1) is 0 Å². The van der Waals surface area contributed by atoms with Crippen LogP contribution in [0.3, 0.4) is 0 Å². The number of ether oxygens (including phenoxy) is 1. The molecule has 0 bridgehead atoms. The maximum atomic E-state index is 12.0. The lowest BCUT2D eigenvalue weighted by Crippen LogP contribution is -2.19. The summed E-state index contributed by atoms with van der Waals surface area (Å²) >= 11 is 0. The van der Waals surface area contributed by atoms with Gasteiger partial charge < -0.3 is 9.84 Å². The quantitative estimate of drug-likeness (QED) is 0.845. The third-order valence-corrected chi connectivity index (χ3v) is 1.80. The van der Waals surface area contributed by atoms with Crippen LogP contribution in [0.1, 0.15) is 11.4 Å². The zero-order valence-corrected chi connectivity index (χ0v) is 9.36. The zero-order valence-electron chi connectivity index (χ0n) is 9.36. The summed E-state index contributed by atoms with van der Waals surface area (Å²) in [5, 5.41) is 8.46. The summed E-state index contributed by atoms with van der Waals surface area (Å²) in [7, 11) is 0. The molecule has 4 nitrogen and oxygen atoms in total. The van der Waals surface area contributed by atoms with Gasteiger partial charge in [0, 0.05) is 11.8 Å². The molecular weight excluding hydrogens is 251 g/mol. The maximum Gasteiger partial charge on any atom is 0.422 e. The van der Waals surface area contributed by atoms with Crippen molar-refractivity contribution < 1.29 is 27.8 Å². The topological polar surface area (TPSA) is 59.4 Å². The molecular formula is C11H10F3NO3. The van der Waals surface area contributed by atoms with Crippen molar-refractivity contribution in [2.75, 3.05) is 6.61 Å². The number of carbonyl (C=O) groups is 1. The number of hydrogen-bond acceptors (Lipinski definition) is 3. The van der Waals surface area contributed by atoms with E-state index in [1.165, 1.54) is 12.1 Å². The molecule has 0 fully saturated rings. The van der Waals surface area contributed by atoms with Crippen molar-refractivity contribution in [1.82, 2.24) is 4.98 Å². The molecule has 1 heterocycles. The van der Waals surface area contributed by atoms with Crippen molar-refractivity contribution in [3.8, 4) is 5.75 Å². The van der Waals surface area contributed by atoms with Crippen molar-refractivity contribution in [3.05, 3.63) is 29.6 Å². The molecule has 1 rings (SSSR count). The average molecular weight is 261 g/mol. The highest BCUT2D eigenvalue weighted by Crippen LogP contribution is 2.22. The van der Waals surface area contributed by atoms with E-state index in [2.05, 4.69) is 9.72 Å². The van der Waals surface area contributed by atoms with Gasteiger partial charge in [-0.2, -0.15) is 13.2 Å². The minimum atomic E-state index is -4.46. The van der Waals surface area contributed by atoms with Gasteiger partial charge in [-0.15, -0.1) is 0 Å². The molecule has 0 radical (unpaired) electrons. The molecule has 0 spiro atoms. The SMILES string of the molecule is Cc1ccc(OCC(F)(F)F)c(C=CC(=O)O)n1. The lowest BCUT2D eigenvalue weighted by atomic mass is 10.2. The van der Waals surface area contributed by atoms with E-state index < -0.39 is 18.8 Å². The number of nitrogens with zero attached hydrogens (tertiary/aromatic N) is 1. The van der Waals surface area contributed by atoms with E-state index in [0.29, 0.717) is 5.69 Å². The number of pyridine rings is 1. The molecule has 0 aliphatic carbocycles. The summed E-state index contributed by atoms with van der Waals surface area (Å²) in [6.45, 7) is 0.178. The lowest BCUT2D eigenvalue weighted by molar-refractivity contribution is -0.153. The third-order valence-electron chi connectivity index (χ3n) is 1.80. The first-order valence-corrected chi connectivity index (χ1v) is 4.86. The van der Waals surface area contributed by atoms with E-state index >= 15 is 0 Å². The molecule has 18 heavy (non-hydrogen) atoms. The first-order chi connectivity index (χ1) is 8.28. The fourth-order valence-electron chi connectivity index (χ4n) is 1.12. The Morgan fingerprint density at radius 1 is 1.50 bits per heavy atom. The molecule has 0 saturated carbocycles. The van der Waals surface area contributed by atoms with Crippen molar-refractivity contribution in [1.29, 1.82) is 0 Å². The molecule has 0 atom stereocenters. The van der Waals surface area contributed by atoms with Gasteiger partial charge in [-0.1, -0.05) is 0 Å². The molecule has 98 valence electrons. The van der Waals surface area contributed by atoms with Crippen molar-refractivity contribution >= 4 is 12.0 Å². The van der Waals surface area contributed by atoms with Gasteiger partial charge in [0.25, 0.3) is 0 Å². The van der Waals surface area contributed by atoms with Gasteiger partial charge >= 0.3 is 12.1 Å². The van der Waals surface area contributed by atoms with Crippen LogP contribution in [0.25, 0.3) is 6.08 Å². The number of carboxylic acids is 1. The Labute approximate surface area is 101 Å². The second-order valence-electron chi connectivity index (χ2n) is 3.41. The first kappa shape index (κ1) is 14.0. The number of carboxylic acid groups (broad SMARTS) is 1. The van der Waals surface area contributed by atoms with Crippen LogP contribution in [0.2, 0.25) is 0 Å². The van der Waals surface area contributed by atoms with Crippen LogP contribution < -0.4 is 4.74 Å². The molecule has 1 aromatic heterocycles. The van der Waals surface area contributed by atoms with E-state index in [-0.39, 0.29) is 11.4 Å². The first-order valence-electron chi connectivity index (χ1n) is 4.86. The predicted molar refractivity (Wildman–Crippen MR) is 57.2 cm³/mol.